The van der Waals surface area contributed by atoms with E-state index in [-0.39, 0.29) is 0 Å². The maximum atomic E-state index is 3.83. The van der Waals surface area contributed by atoms with Crippen LogP contribution in [-0.4, -0.2) is 4.98 Å². The molecule has 0 atom stereocenters. The van der Waals surface area contributed by atoms with Crippen LogP contribution < -0.4 is 10.6 Å². The van der Waals surface area contributed by atoms with Crippen molar-refractivity contribution in [3.8, 4) is 0 Å². The van der Waals surface area contributed by atoms with Crippen molar-refractivity contribution in [3.63, 3.8) is 0 Å². The number of aromatic nitrogens is 1. The molecule has 0 aliphatic carbocycles. The molecule has 1 nitrogen and oxygen atoms in total. The second kappa shape index (κ2) is 5.40. The number of nitrogens with one attached hydrogen (secondary N) is 1. The van der Waals surface area contributed by atoms with Gasteiger partial charge < -0.3 is 4.98 Å². The van der Waals surface area contributed by atoms with Crippen molar-refractivity contribution in [1.29, 1.82) is 0 Å². The summed E-state index contributed by atoms with van der Waals surface area (Å²) in [6.07, 6.45) is 11.4. The lowest BCUT2D eigenvalue weighted by Gasteiger charge is -1.90. The van der Waals surface area contributed by atoms with E-state index in [2.05, 4.69) is 42.8 Å². The Morgan fingerprint density at radius 1 is 1.33 bits per heavy atom. The van der Waals surface area contributed by atoms with Crippen molar-refractivity contribution in [2.45, 2.75) is 27.2 Å². The lowest BCUT2D eigenvalue weighted by molar-refractivity contribution is 1.26. The van der Waals surface area contributed by atoms with Gasteiger partial charge in [-0.05, 0) is 26.3 Å². The first-order valence-corrected chi connectivity index (χ1v) is 5.42. The second-order valence-electron chi connectivity index (χ2n) is 3.38. The zero-order valence-corrected chi connectivity index (χ0v) is 9.80. The fraction of sp³-hybridized carbons (Fsp3) is 0.286. The molecule has 0 aromatic carbocycles. The molecule has 1 aromatic rings. The van der Waals surface area contributed by atoms with Gasteiger partial charge in [0.1, 0.15) is 0 Å². The predicted octanol–water partition coefficient (Wildman–Crippen LogP) is 2.68. The molecule has 0 amide bonds. The fourth-order valence-corrected chi connectivity index (χ4v) is 1.73. The van der Waals surface area contributed by atoms with Crippen LogP contribution in [0.25, 0.3) is 24.3 Å². The van der Waals surface area contributed by atoms with Crippen LogP contribution in [-0.2, 0) is 0 Å². The smallest absolute Gasteiger partial charge is 0.0458 e. The SMILES string of the molecule is C=Cc1[nH]c(=C/C)/c(=C\CC)c1/C=C\C. The summed E-state index contributed by atoms with van der Waals surface area (Å²) in [7, 11) is 0. The van der Waals surface area contributed by atoms with E-state index in [0.717, 1.165) is 12.1 Å². The van der Waals surface area contributed by atoms with Gasteiger partial charge in [-0.2, -0.15) is 0 Å². The molecule has 0 bridgehead atoms. The van der Waals surface area contributed by atoms with Crippen molar-refractivity contribution in [2.24, 2.45) is 0 Å². The van der Waals surface area contributed by atoms with Crippen LogP contribution in [0.4, 0.5) is 0 Å². The van der Waals surface area contributed by atoms with Crippen molar-refractivity contribution >= 4 is 24.3 Å². The highest BCUT2D eigenvalue weighted by Gasteiger charge is 2.01. The Morgan fingerprint density at radius 3 is 2.53 bits per heavy atom. The molecule has 0 spiro atoms. The van der Waals surface area contributed by atoms with Gasteiger partial charge in [-0.15, -0.1) is 0 Å². The summed E-state index contributed by atoms with van der Waals surface area (Å²) in [6, 6.07) is 0. The van der Waals surface area contributed by atoms with Crippen LogP contribution >= 0.6 is 0 Å². The minimum absolute atomic E-state index is 1.04. The predicted molar refractivity (Wildman–Crippen MR) is 69.7 cm³/mol. The maximum absolute atomic E-state index is 3.83. The number of hydrogen-bond donors (Lipinski definition) is 1. The molecule has 0 aliphatic rings. The standard InChI is InChI=1S/C14H19N/c1-5-9-11-12(10-6-2)14(8-4)15-13(11)7-3/h5,7-10,15H,3,6H2,1-2,4H3/b9-5-,12-10-,14-8+. The molecular formula is C14H19N. The Balaban J connectivity index is 3.64. The highest BCUT2D eigenvalue weighted by atomic mass is 14.7. The van der Waals surface area contributed by atoms with Gasteiger partial charge in [0.25, 0.3) is 0 Å². The normalized spacial score (nSPS) is 14.1. The van der Waals surface area contributed by atoms with Gasteiger partial charge in [0.05, 0.1) is 0 Å². The molecule has 0 radical (unpaired) electrons. The molecule has 0 unspecified atom stereocenters. The van der Waals surface area contributed by atoms with E-state index in [1.165, 1.54) is 16.1 Å². The van der Waals surface area contributed by atoms with Crippen molar-refractivity contribution in [1.82, 2.24) is 4.98 Å². The molecule has 0 saturated heterocycles. The van der Waals surface area contributed by atoms with E-state index >= 15 is 0 Å². The largest absolute Gasteiger partial charge is 0.355 e. The van der Waals surface area contributed by atoms with Gasteiger partial charge in [-0.25, -0.2) is 0 Å². The van der Waals surface area contributed by atoms with Crippen LogP contribution in [0.3, 0.4) is 0 Å². The molecule has 0 fully saturated rings. The summed E-state index contributed by atoms with van der Waals surface area (Å²) in [4.78, 5) is 3.36. The quantitative estimate of drug-likeness (QED) is 0.774. The average Bonchev–Trinajstić information content (AvgIpc) is 2.58. The van der Waals surface area contributed by atoms with E-state index in [4.69, 9.17) is 0 Å². The summed E-state index contributed by atoms with van der Waals surface area (Å²) >= 11 is 0. The Labute approximate surface area is 91.5 Å². The molecule has 80 valence electrons. The van der Waals surface area contributed by atoms with E-state index < -0.39 is 0 Å². The Kier molecular flexibility index (Phi) is 4.17. The summed E-state index contributed by atoms with van der Waals surface area (Å²) < 4.78 is 0. The number of H-pyrrole nitrogens is 1. The average molecular weight is 201 g/mol. The minimum Gasteiger partial charge on any atom is -0.355 e. The fourth-order valence-electron chi connectivity index (χ4n) is 1.73. The number of rotatable bonds is 3. The first-order valence-electron chi connectivity index (χ1n) is 5.42. The first-order chi connectivity index (χ1) is 7.28. The van der Waals surface area contributed by atoms with E-state index in [9.17, 15) is 0 Å². The van der Waals surface area contributed by atoms with Crippen LogP contribution in [0.2, 0.25) is 0 Å². The van der Waals surface area contributed by atoms with Gasteiger partial charge in [0.2, 0.25) is 0 Å². The van der Waals surface area contributed by atoms with E-state index in [0.29, 0.717) is 0 Å². The second-order valence-corrected chi connectivity index (χ2v) is 3.38. The lowest BCUT2D eigenvalue weighted by atomic mass is 10.1. The Hall–Kier alpha value is -1.50. The summed E-state index contributed by atoms with van der Waals surface area (Å²) in [6.45, 7) is 10.1. The Morgan fingerprint density at radius 2 is 2.07 bits per heavy atom. The molecule has 1 heteroatoms. The molecule has 1 aromatic heterocycles. The number of hydrogen-bond acceptors (Lipinski definition) is 0. The zero-order chi connectivity index (χ0) is 11.3. The summed E-state index contributed by atoms with van der Waals surface area (Å²) in [5, 5.41) is 2.47. The minimum atomic E-state index is 1.04. The zero-order valence-electron chi connectivity index (χ0n) is 9.80. The third-order valence-corrected chi connectivity index (χ3v) is 2.37. The van der Waals surface area contributed by atoms with Crippen LogP contribution in [0, 0.1) is 0 Å². The maximum Gasteiger partial charge on any atom is 0.0458 e. The highest BCUT2D eigenvalue weighted by Crippen LogP contribution is 2.03. The molecule has 1 N–H and O–H groups in total. The van der Waals surface area contributed by atoms with Crippen molar-refractivity contribution in [2.75, 3.05) is 0 Å². The highest BCUT2D eigenvalue weighted by molar-refractivity contribution is 5.64. The third-order valence-electron chi connectivity index (χ3n) is 2.37. The van der Waals surface area contributed by atoms with Gasteiger partial charge >= 0.3 is 0 Å². The molecule has 1 heterocycles. The van der Waals surface area contributed by atoms with Crippen LogP contribution in [0.15, 0.2) is 12.7 Å². The van der Waals surface area contributed by atoms with Gasteiger partial charge in [0, 0.05) is 21.8 Å². The van der Waals surface area contributed by atoms with Gasteiger partial charge in [-0.1, -0.05) is 37.8 Å². The van der Waals surface area contributed by atoms with Gasteiger partial charge in [0.15, 0.2) is 0 Å². The number of aromatic amines is 1. The Bertz CT molecular complexity index is 472. The van der Waals surface area contributed by atoms with Crippen LogP contribution in [0.1, 0.15) is 38.4 Å². The molecule has 1 rings (SSSR count). The molecule has 15 heavy (non-hydrogen) atoms. The van der Waals surface area contributed by atoms with Crippen molar-refractivity contribution < 1.29 is 0 Å². The topological polar surface area (TPSA) is 15.8 Å². The summed E-state index contributed by atoms with van der Waals surface area (Å²) in [5.74, 6) is 0. The third kappa shape index (κ3) is 2.30. The molecule has 0 aliphatic heterocycles. The van der Waals surface area contributed by atoms with E-state index in [1.54, 1.807) is 0 Å². The molecular weight excluding hydrogens is 182 g/mol. The first kappa shape index (κ1) is 11.6. The monoisotopic (exact) mass is 201 g/mol. The van der Waals surface area contributed by atoms with E-state index in [1.807, 2.05) is 19.9 Å². The van der Waals surface area contributed by atoms with Crippen LogP contribution in [0.5, 0.6) is 0 Å². The van der Waals surface area contributed by atoms with Gasteiger partial charge in [-0.3, -0.25) is 0 Å². The number of allylic oxidation sites excluding steroid dienone is 1. The lowest BCUT2D eigenvalue weighted by Crippen LogP contribution is -2.23. The summed E-state index contributed by atoms with van der Waals surface area (Å²) in [5.41, 5.74) is 2.34. The molecule has 0 saturated carbocycles. The van der Waals surface area contributed by atoms with Crippen molar-refractivity contribution in [3.05, 3.63) is 34.5 Å².